The van der Waals surface area contributed by atoms with Crippen LogP contribution in [-0.4, -0.2) is 15.3 Å². The van der Waals surface area contributed by atoms with Gasteiger partial charge in [-0.25, -0.2) is 4.98 Å². The second-order valence-corrected chi connectivity index (χ2v) is 6.40. The second kappa shape index (κ2) is 4.69. The monoisotopic (exact) mass is 308 g/mol. The molecule has 22 heavy (non-hydrogen) atoms. The van der Waals surface area contributed by atoms with Crippen LogP contribution in [0.2, 0.25) is 0 Å². The average Bonchev–Trinajstić information content (AvgIpc) is 2.80. The Labute approximate surface area is 125 Å². The van der Waals surface area contributed by atoms with E-state index in [0.717, 1.165) is 12.1 Å². The van der Waals surface area contributed by atoms with Crippen LogP contribution in [0.5, 0.6) is 0 Å². The predicted molar refractivity (Wildman–Crippen MR) is 75.0 cm³/mol. The molecule has 0 radical (unpaired) electrons. The van der Waals surface area contributed by atoms with E-state index in [1.165, 1.54) is 18.5 Å². The second-order valence-electron chi connectivity index (χ2n) is 6.40. The molecule has 6 heteroatoms. The first-order valence-corrected chi connectivity index (χ1v) is 6.94. The lowest BCUT2D eigenvalue weighted by molar-refractivity contribution is -0.137. The molecule has 0 spiro atoms. The van der Waals surface area contributed by atoms with Crippen molar-refractivity contribution >= 4 is 5.78 Å². The number of imidazole rings is 1. The summed E-state index contributed by atoms with van der Waals surface area (Å²) in [6.07, 6.45) is -1.77. The predicted octanol–water partition coefficient (Wildman–Crippen LogP) is 4.05. The fourth-order valence-corrected chi connectivity index (χ4v) is 2.85. The van der Waals surface area contributed by atoms with Gasteiger partial charge in [0.1, 0.15) is 12.0 Å². The number of hydrogen-bond acceptors (Lipinski definition) is 2. The maximum absolute atomic E-state index is 12.6. The van der Waals surface area contributed by atoms with Gasteiger partial charge < -0.3 is 0 Å². The molecule has 1 heterocycles. The van der Waals surface area contributed by atoms with Crippen LogP contribution in [0.15, 0.2) is 30.6 Å². The lowest BCUT2D eigenvalue weighted by Crippen LogP contribution is -2.28. The number of benzene rings is 1. The topological polar surface area (TPSA) is 34.9 Å². The number of alkyl halides is 3. The molecule has 3 nitrogen and oxygen atoms in total. The highest BCUT2D eigenvalue weighted by Gasteiger charge is 2.35. The van der Waals surface area contributed by atoms with Crippen molar-refractivity contribution in [2.24, 2.45) is 5.41 Å². The number of Topliss-reactive ketones (excluding diaryl/α,β-unsaturated/α-hetero) is 1. The van der Waals surface area contributed by atoms with Crippen LogP contribution < -0.4 is 0 Å². The molecular formula is C16H15F3N2O. The Morgan fingerprint density at radius 2 is 1.77 bits per heavy atom. The molecule has 2 aromatic rings. The van der Waals surface area contributed by atoms with Gasteiger partial charge in [-0.3, -0.25) is 9.36 Å². The third-order valence-corrected chi connectivity index (χ3v) is 3.87. The van der Waals surface area contributed by atoms with E-state index in [1.54, 1.807) is 4.57 Å². The Balaban J connectivity index is 2.01. The molecule has 0 atom stereocenters. The van der Waals surface area contributed by atoms with E-state index in [9.17, 15) is 18.0 Å². The van der Waals surface area contributed by atoms with E-state index < -0.39 is 11.7 Å². The molecule has 1 aromatic heterocycles. The molecule has 0 saturated heterocycles. The molecule has 1 aliphatic carbocycles. The minimum absolute atomic E-state index is 0.0244. The van der Waals surface area contributed by atoms with Gasteiger partial charge in [0, 0.05) is 12.1 Å². The number of rotatable bonds is 1. The first-order chi connectivity index (χ1) is 10.2. The minimum atomic E-state index is -4.37. The van der Waals surface area contributed by atoms with E-state index in [-0.39, 0.29) is 11.2 Å². The molecule has 0 fully saturated rings. The molecule has 0 aliphatic heterocycles. The van der Waals surface area contributed by atoms with Crippen LogP contribution in [0.4, 0.5) is 13.2 Å². The van der Waals surface area contributed by atoms with Crippen LogP contribution in [0.1, 0.15) is 42.0 Å². The molecule has 0 N–H and O–H groups in total. The van der Waals surface area contributed by atoms with E-state index in [4.69, 9.17) is 0 Å². The summed E-state index contributed by atoms with van der Waals surface area (Å²) in [5.74, 6) is -0.0244. The Hall–Kier alpha value is -2.11. The smallest absolute Gasteiger partial charge is 0.296 e. The standard InChI is InChI=1S/C16H15F3N2O/c1-15(2)7-12-14(13(22)8-15)21(9-20-12)11-5-3-10(4-6-11)16(17,18)19/h3-6,9H,7-8H2,1-2H3. The van der Waals surface area contributed by atoms with Crippen LogP contribution >= 0.6 is 0 Å². The molecule has 0 bridgehead atoms. The van der Waals surface area contributed by atoms with Gasteiger partial charge in [0.15, 0.2) is 5.78 Å². The molecule has 1 aliphatic rings. The summed E-state index contributed by atoms with van der Waals surface area (Å²) in [6.45, 7) is 4.01. The highest BCUT2D eigenvalue weighted by molar-refractivity contribution is 5.97. The van der Waals surface area contributed by atoms with Gasteiger partial charge in [-0.2, -0.15) is 13.2 Å². The summed E-state index contributed by atoms with van der Waals surface area (Å²) in [6, 6.07) is 4.74. The lowest BCUT2D eigenvalue weighted by atomic mass is 9.77. The summed E-state index contributed by atoms with van der Waals surface area (Å²) >= 11 is 0. The van der Waals surface area contributed by atoms with Crippen molar-refractivity contribution in [3.63, 3.8) is 0 Å². The maximum atomic E-state index is 12.6. The quantitative estimate of drug-likeness (QED) is 0.796. The zero-order valence-electron chi connectivity index (χ0n) is 12.2. The van der Waals surface area contributed by atoms with E-state index in [0.29, 0.717) is 29.9 Å². The van der Waals surface area contributed by atoms with Crippen molar-refractivity contribution in [2.45, 2.75) is 32.9 Å². The summed E-state index contributed by atoms with van der Waals surface area (Å²) in [7, 11) is 0. The molecular weight excluding hydrogens is 293 g/mol. The zero-order chi connectivity index (χ0) is 16.1. The third kappa shape index (κ3) is 2.53. The lowest BCUT2D eigenvalue weighted by Gasteiger charge is -2.28. The number of ketones is 1. The molecule has 1 aromatic carbocycles. The summed E-state index contributed by atoms with van der Waals surface area (Å²) in [5.41, 5.74) is 0.858. The SMILES string of the molecule is CC1(C)CC(=O)c2c(ncn2-c2ccc(C(F)(F)F)cc2)C1. The van der Waals surface area contributed by atoms with Crippen molar-refractivity contribution in [1.29, 1.82) is 0 Å². The van der Waals surface area contributed by atoms with E-state index in [2.05, 4.69) is 4.98 Å². The third-order valence-electron chi connectivity index (χ3n) is 3.87. The molecule has 0 unspecified atom stereocenters. The van der Waals surface area contributed by atoms with Gasteiger partial charge in [-0.1, -0.05) is 13.8 Å². The highest BCUT2D eigenvalue weighted by atomic mass is 19.4. The van der Waals surface area contributed by atoms with Gasteiger partial charge in [-0.05, 0) is 36.1 Å². The Morgan fingerprint density at radius 3 is 2.36 bits per heavy atom. The number of carbonyl (C=O) groups is 1. The Morgan fingerprint density at radius 1 is 1.14 bits per heavy atom. The summed E-state index contributed by atoms with van der Waals surface area (Å²) < 4.78 is 39.4. The van der Waals surface area contributed by atoms with Crippen molar-refractivity contribution in [3.05, 3.63) is 47.5 Å². The highest BCUT2D eigenvalue weighted by Crippen LogP contribution is 2.35. The van der Waals surface area contributed by atoms with Crippen LogP contribution in [-0.2, 0) is 12.6 Å². The molecule has 0 amide bonds. The summed E-state index contributed by atoms with van der Waals surface area (Å²) in [4.78, 5) is 16.6. The van der Waals surface area contributed by atoms with Gasteiger partial charge in [0.05, 0.1) is 11.3 Å². The average molecular weight is 308 g/mol. The number of carbonyl (C=O) groups excluding carboxylic acids is 1. The zero-order valence-corrected chi connectivity index (χ0v) is 12.2. The number of fused-ring (bicyclic) bond motifs is 1. The first-order valence-electron chi connectivity index (χ1n) is 6.94. The van der Waals surface area contributed by atoms with Crippen molar-refractivity contribution < 1.29 is 18.0 Å². The molecule has 3 rings (SSSR count). The van der Waals surface area contributed by atoms with E-state index in [1.807, 2.05) is 13.8 Å². The minimum Gasteiger partial charge on any atom is -0.296 e. The fraction of sp³-hybridized carbons (Fsp3) is 0.375. The molecule has 116 valence electrons. The molecule has 0 saturated carbocycles. The van der Waals surface area contributed by atoms with Gasteiger partial charge in [0.2, 0.25) is 0 Å². The van der Waals surface area contributed by atoms with Crippen molar-refractivity contribution in [1.82, 2.24) is 9.55 Å². The van der Waals surface area contributed by atoms with E-state index >= 15 is 0 Å². The van der Waals surface area contributed by atoms with Crippen LogP contribution in [0.25, 0.3) is 5.69 Å². The van der Waals surface area contributed by atoms with Crippen molar-refractivity contribution in [3.8, 4) is 5.69 Å². The fourth-order valence-electron chi connectivity index (χ4n) is 2.85. The first kappa shape index (κ1) is 14.8. The Kier molecular flexibility index (Phi) is 3.16. The number of hydrogen-bond donors (Lipinski definition) is 0. The number of nitrogens with zero attached hydrogens (tertiary/aromatic N) is 2. The summed E-state index contributed by atoms with van der Waals surface area (Å²) in [5, 5.41) is 0. The number of halogens is 3. The largest absolute Gasteiger partial charge is 0.416 e. The van der Waals surface area contributed by atoms with Gasteiger partial charge in [-0.15, -0.1) is 0 Å². The van der Waals surface area contributed by atoms with Gasteiger partial charge in [0.25, 0.3) is 0 Å². The normalized spacial score (nSPS) is 17.4. The van der Waals surface area contributed by atoms with Crippen molar-refractivity contribution in [2.75, 3.05) is 0 Å². The number of aromatic nitrogens is 2. The van der Waals surface area contributed by atoms with Crippen LogP contribution in [0.3, 0.4) is 0 Å². The van der Waals surface area contributed by atoms with Crippen LogP contribution in [0, 0.1) is 5.41 Å². The Bertz CT molecular complexity index is 727. The maximum Gasteiger partial charge on any atom is 0.416 e. The van der Waals surface area contributed by atoms with Gasteiger partial charge >= 0.3 is 6.18 Å².